The molecule has 0 radical (unpaired) electrons. The van der Waals surface area contributed by atoms with Gasteiger partial charge in [-0.05, 0) is 55.5 Å². The van der Waals surface area contributed by atoms with Gasteiger partial charge in [-0.2, -0.15) is 0 Å². The number of nitrogens with zero attached hydrogens (tertiary/aromatic N) is 2. The average Bonchev–Trinajstić information content (AvgIpc) is 3.48. The number of aryl methyl sites for hydroxylation is 1. The highest BCUT2D eigenvalue weighted by Gasteiger charge is 2.31. The summed E-state index contributed by atoms with van der Waals surface area (Å²) in [6, 6.07) is 11.8. The first kappa shape index (κ1) is 19.7. The van der Waals surface area contributed by atoms with Crippen LogP contribution in [-0.4, -0.2) is 35.5 Å². The number of esters is 1. The fourth-order valence-corrected chi connectivity index (χ4v) is 4.21. The maximum absolute atomic E-state index is 11.9. The normalized spacial score (nSPS) is 16.8. The number of methoxy groups -OCH3 is 1. The van der Waals surface area contributed by atoms with Gasteiger partial charge in [0.25, 0.3) is 0 Å². The molecule has 1 aliphatic rings. The number of hydrogen-bond acceptors (Lipinski definition) is 7. The fourth-order valence-electron chi connectivity index (χ4n) is 3.56. The minimum absolute atomic E-state index is 0.136. The first-order valence-electron chi connectivity index (χ1n) is 9.68. The van der Waals surface area contributed by atoms with Crippen LogP contribution in [0.5, 0.6) is 5.75 Å². The molecule has 0 unspecified atom stereocenters. The first-order chi connectivity index (χ1) is 14.1. The Kier molecular flexibility index (Phi) is 5.97. The topological polar surface area (TPSA) is 64.8 Å². The number of benzene rings is 1. The second-order valence-electron chi connectivity index (χ2n) is 7.08. The Hall–Kier alpha value is -2.64. The zero-order chi connectivity index (χ0) is 20.2. The molecule has 1 atom stereocenters. The molecule has 152 valence electrons. The summed E-state index contributed by atoms with van der Waals surface area (Å²) in [5.41, 5.74) is 1.95. The fraction of sp³-hybridized carbons (Fsp3) is 0.364. The van der Waals surface area contributed by atoms with Gasteiger partial charge in [0.2, 0.25) is 5.89 Å². The van der Waals surface area contributed by atoms with Crippen LogP contribution in [-0.2, 0) is 22.7 Å². The van der Waals surface area contributed by atoms with Crippen molar-refractivity contribution in [3.63, 3.8) is 0 Å². The molecule has 1 aliphatic heterocycles. The van der Waals surface area contributed by atoms with E-state index in [0.29, 0.717) is 12.5 Å². The molecule has 0 amide bonds. The van der Waals surface area contributed by atoms with E-state index >= 15 is 0 Å². The van der Waals surface area contributed by atoms with Gasteiger partial charge in [-0.3, -0.25) is 9.69 Å². The minimum Gasteiger partial charge on any atom is -0.487 e. The van der Waals surface area contributed by atoms with Gasteiger partial charge in [-0.25, -0.2) is 4.98 Å². The molecule has 0 saturated carbocycles. The second-order valence-corrected chi connectivity index (χ2v) is 8.03. The number of carbonyl (C=O) groups excluding carboxylic acids is 1. The first-order valence-corrected chi connectivity index (χ1v) is 10.6. The van der Waals surface area contributed by atoms with Crippen molar-refractivity contribution >= 4 is 17.3 Å². The molecule has 0 bridgehead atoms. The van der Waals surface area contributed by atoms with Crippen LogP contribution in [0, 0.1) is 6.92 Å². The van der Waals surface area contributed by atoms with Crippen LogP contribution < -0.4 is 4.74 Å². The quantitative estimate of drug-likeness (QED) is 0.535. The van der Waals surface area contributed by atoms with E-state index < -0.39 is 0 Å². The monoisotopic (exact) mass is 412 g/mol. The van der Waals surface area contributed by atoms with Crippen molar-refractivity contribution in [2.45, 2.75) is 39.0 Å². The molecule has 1 aromatic carbocycles. The molecule has 0 spiro atoms. The molecule has 7 heteroatoms. The predicted molar refractivity (Wildman–Crippen MR) is 111 cm³/mol. The third-order valence-electron chi connectivity index (χ3n) is 5.15. The summed E-state index contributed by atoms with van der Waals surface area (Å²) in [4.78, 5) is 19.6. The molecule has 29 heavy (non-hydrogen) atoms. The van der Waals surface area contributed by atoms with E-state index in [-0.39, 0.29) is 12.0 Å². The van der Waals surface area contributed by atoms with Gasteiger partial charge in [0, 0.05) is 6.54 Å². The van der Waals surface area contributed by atoms with Crippen LogP contribution in [0.15, 0.2) is 46.2 Å². The summed E-state index contributed by atoms with van der Waals surface area (Å²) in [6.07, 6.45) is 1.88. The van der Waals surface area contributed by atoms with Crippen LogP contribution in [0.1, 0.15) is 29.9 Å². The Bertz CT molecular complexity index is 950. The number of aromatic nitrogens is 1. The third-order valence-corrected chi connectivity index (χ3v) is 6.00. The molecule has 0 N–H and O–H groups in total. The molecular weight excluding hydrogens is 388 g/mol. The van der Waals surface area contributed by atoms with Gasteiger partial charge in [-0.15, -0.1) is 11.3 Å². The Morgan fingerprint density at radius 1 is 1.31 bits per heavy atom. The summed E-state index contributed by atoms with van der Waals surface area (Å²) in [5, 5.41) is 2.00. The number of ether oxygens (including phenoxy) is 2. The van der Waals surface area contributed by atoms with E-state index in [0.717, 1.165) is 53.6 Å². The van der Waals surface area contributed by atoms with Gasteiger partial charge in [0.15, 0.2) is 0 Å². The van der Waals surface area contributed by atoms with Gasteiger partial charge in [-0.1, -0.05) is 18.2 Å². The molecule has 4 rings (SSSR count). The third kappa shape index (κ3) is 4.52. The Morgan fingerprint density at radius 2 is 2.14 bits per heavy atom. The summed E-state index contributed by atoms with van der Waals surface area (Å²) >= 11 is 1.60. The van der Waals surface area contributed by atoms with Gasteiger partial charge in [0.05, 0.1) is 12.0 Å². The van der Waals surface area contributed by atoms with E-state index in [9.17, 15) is 4.79 Å². The standard InChI is InChI=1S/C22H24N2O4S/c1-15-18(23-21(28-15)20-6-4-12-29-20)14-27-17-9-7-16(8-10-17)13-24-11-3-5-19(24)22(25)26-2/h4,6-10,12,19H,3,5,11,13-14H2,1-2H3/t19-/m0/s1. The average molecular weight is 413 g/mol. The molecule has 0 aliphatic carbocycles. The summed E-state index contributed by atoms with van der Waals surface area (Å²) < 4.78 is 16.6. The van der Waals surface area contributed by atoms with Crippen LogP contribution in [0.3, 0.4) is 0 Å². The van der Waals surface area contributed by atoms with E-state index in [1.54, 1.807) is 11.3 Å². The van der Waals surface area contributed by atoms with E-state index in [1.165, 1.54) is 7.11 Å². The highest BCUT2D eigenvalue weighted by atomic mass is 32.1. The molecule has 1 saturated heterocycles. The molecular formula is C22H24N2O4S. The minimum atomic E-state index is -0.146. The Morgan fingerprint density at radius 3 is 2.86 bits per heavy atom. The lowest BCUT2D eigenvalue weighted by molar-refractivity contribution is -0.146. The molecule has 3 heterocycles. The van der Waals surface area contributed by atoms with Crippen molar-refractivity contribution in [3.8, 4) is 16.5 Å². The maximum atomic E-state index is 11.9. The lowest BCUT2D eigenvalue weighted by Gasteiger charge is -2.22. The van der Waals surface area contributed by atoms with E-state index in [4.69, 9.17) is 13.9 Å². The zero-order valence-electron chi connectivity index (χ0n) is 16.6. The van der Waals surface area contributed by atoms with Crippen molar-refractivity contribution in [2.24, 2.45) is 0 Å². The Labute approximate surface area is 174 Å². The SMILES string of the molecule is COC(=O)[C@@H]1CCCN1Cc1ccc(OCc2nc(-c3cccs3)oc2C)cc1. The maximum Gasteiger partial charge on any atom is 0.323 e. The van der Waals surface area contributed by atoms with E-state index in [2.05, 4.69) is 9.88 Å². The summed E-state index contributed by atoms with van der Waals surface area (Å²) in [6.45, 7) is 3.90. The largest absolute Gasteiger partial charge is 0.487 e. The van der Waals surface area contributed by atoms with Crippen molar-refractivity contribution < 1.29 is 18.7 Å². The summed E-state index contributed by atoms with van der Waals surface area (Å²) in [5.74, 6) is 2.04. The highest BCUT2D eigenvalue weighted by Crippen LogP contribution is 2.27. The number of carbonyl (C=O) groups is 1. The predicted octanol–water partition coefficient (Wildman–Crippen LogP) is 4.43. The highest BCUT2D eigenvalue weighted by molar-refractivity contribution is 7.13. The number of oxazole rings is 1. The van der Waals surface area contributed by atoms with Gasteiger partial charge in [0.1, 0.15) is 29.9 Å². The van der Waals surface area contributed by atoms with E-state index in [1.807, 2.05) is 48.7 Å². The van der Waals surface area contributed by atoms with Crippen LogP contribution in [0.2, 0.25) is 0 Å². The van der Waals surface area contributed by atoms with Crippen LogP contribution >= 0.6 is 11.3 Å². The number of likely N-dealkylation sites (tertiary alicyclic amines) is 1. The van der Waals surface area contributed by atoms with Crippen molar-refractivity contribution in [2.75, 3.05) is 13.7 Å². The molecule has 1 fully saturated rings. The molecule has 3 aromatic rings. The molecule has 2 aromatic heterocycles. The van der Waals surface area contributed by atoms with Gasteiger partial charge < -0.3 is 13.9 Å². The van der Waals surface area contributed by atoms with Crippen LogP contribution in [0.25, 0.3) is 10.8 Å². The number of thiophene rings is 1. The molecule has 6 nitrogen and oxygen atoms in total. The number of rotatable bonds is 7. The Balaban J connectivity index is 1.35. The van der Waals surface area contributed by atoms with Crippen molar-refractivity contribution in [1.82, 2.24) is 9.88 Å². The zero-order valence-corrected chi connectivity index (χ0v) is 17.4. The lowest BCUT2D eigenvalue weighted by Crippen LogP contribution is -2.36. The lowest BCUT2D eigenvalue weighted by atomic mass is 10.2. The smallest absolute Gasteiger partial charge is 0.323 e. The number of hydrogen-bond donors (Lipinski definition) is 0. The van der Waals surface area contributed by atoms with Crippen LogP contribution in [0.4, 0.5) is 0 Å². The van der Waals surface area contributed by atoms with Crippen molar-refractivity contribution in [1.29, 1.82) is 0 Å². The second kappa shape index (κ2) is 8.80. The summed E-state index contributed by atoms with van der Waals surface area (Å²) in [7, 11) is 1.45. The van der Waals surface area contributed by atoms with Crippen molar-refractivity contribution in [3.05, 3.63) is 58.8 Å². The van der Waals surface area contributed by atoms with Gasteiger partial charge >= 0.3 is 5.97 Å².